The Morgan fingerprint density at radius 2 is 1.79 bits per heavy atom. The number of carbonyl (C=O) groups excluding carboxylic acids is 1. The number of halogens is 1. The van der Waals surface area contributed by atoms with Crippen LogP contribution in [0.15, 0.2) is 24.3 Å². The average molecular weight is 306 g/mol. The van der Waals surface area contributed by atoms with Gasteiger partial charge in [-0.15, -0.1) is 0 Å². The monoisotopic (exact) mass is 306 g/mol. The van der Waals surface area contributed by atoms with Crippen molar-refractivity contribution in [3.05, 3.63) is 24.3 Å². The van der Waals surface area contributed by atoms with Crippen LogP contribution in [0.25, 0.3) is 0 Å². The highest BCUT2D eigenvalue weighted by Gasteiger charge is 2.10. The minimum atomic E-state index is -0.240. The predicted molar refractivity (Wildman–Crippen MR) is 62.1 cm³/mol. The van der Waals surface area contributed by atoms with Crippen molar-refractivity contribution in [2.24, 2.45) is 0 Å². The van der Waals surface area contributed by atoms with Crippen molar-refractivity contribution in [1.82, 2.24) is 0 Å². The van der Waals surface area contributed by atoms with Crippen molar-refractivity contribution >= 4 is 28.6 Å². The highest BCUT2D eigenvalue weighted by molar-refractivity contribution is 14.1. The molecule has 1 aromatic rings. The SMILES string of the molecule is COc1ccc(OC(=O)C(C)I)cc1. The smallest absolute Gasteiger partial charge is 0.323 e. The summed E-state index contributed by atoms with van der Waals surface area (Å²) < 4.78 is 9.91. The fourth-order valence-corrected chi connectivity index (χ4v) is 0.968. The molecule has 76 valence electrons. The molecule has 0 fully saturated rings. The summed E-state index contributed by atoms with van der Waals surface area (Å²) in [5.41, 5.74) is 0. The Balaban J connectivity index is 2.64. The van der Waals surface area contributed by atoms with Gasteiger partial charge in [0, 0.05) is 0 Å². The molecule has 0 saturated heterocycles. The van der Waals surface area contributed by atoms with Crippen LogP contribution < -0.4 is 9.47 Å². The lowest BCUT2D eigenvalue weighted by atomic mass is 10.3. The van der Waals surface area contributed by atoms with Gasteiger partial charge in [0.05, 0.1) is 7.11 Å². The second-order valence-electron chi connectivity index (χ2n) is 2.71. The Hall–Kier alpha value is -0.780. The fourth-order valence-electron chi connectivity index (χ4n) is 0.841. The lowest BCUT2D eigenvalue weighted by molar-refractivity contribution is -0.133. The van der Waals surface area contributed by atoms with E-state index in [1.54, 1.807) is 38.3 Å². The van der Waals surface area contributed by atoms with Crippen LogP contribution in [0.4, 0.5) is 0 Å². The molecule has 1 rings (SSSR count). The molecule has 0 aliphatic carbocycles. The molecule has 0 saturated carbocycles. The van der Waals surface area contributed by atoms with Gasteiger partial charge in [0.25, 0.3) is 0 Å². The van der Waals surface area contributed by atoms with E-state index in [0.29, 0.717) is 5.75 Å². The Morgan fingerprint density at radius 1 is 1.29 bits per heavy atom. The molecule has 0 aromatic heterocycles. The van der Waals surface area contributed by atoms with Crippen LogP contribution in [0.3, 0.4) is 0 Å². The highest BCUT2D eigenvalue weighted by atomic mass is 127. The first-order chi connectivity index (χ1) is 6.63. The van der Waals surface area contributed by atoms with Gasteiger partial charge in [-0.05, 0) is 31.2 Å². The number of rotatable bonds is 3. The van der Waals surface area contributed by atoms with Crippen molar-refractivity contribution in [3.63, 3.8) is 0 Å². The summed E-state index contributed by atoms with van der Waals surface area (Å²) in [7, 11) is 1.59. The second-order valence-corrected chi connectivity index (χ2v) is 4.58. The largest absolute Gasteiger partial charge is 0.497 e. The van der Waals surface area contributed by atoms with E-state index in [4.69, 9.17) is 9.47 Å². The normalized spacial score (nSPS) is 11.9. The lowest BCUT2D eigenvalue weighted by Gasteiger charge is -2.06. The maximum Gasteiger partial charge on any atom is 0.323 e. The van der Waals surface area contributed by atoms with Crippen LogP contribution in [0.2, 0.25) is 0 Å². The maximum atomic E-state index is 11.2. The third kappa shape index (κ3) is 3.17. The van der Waals surface area contributed by atoms with Crippen molar-refractivity contribution in [2.75, 3.05) is 7.11 Å². The van der Waals surface area contributed by atoms with E-state index in [0.717, 1.165) is 5.75 Å². The quantitative estimate of drug-likeness (QED) is 0.372. The van der Waals surface area contributed by atoms with Gasteiger partial charge < -0.3 is 9.47 Å². The fraction of sp³-hybridized carbons (Fsp3) is 0.300. The molecule has 0 aliphatic rings. The Bertz CT molecular complexity index is 306. The van der Waals surface area contributed by atoms with E-state index in [-0.39, 0.29) is 9.89 Å². The molecule has 0 heterocycles. The molecule has 1 unspecified atom stereocenters. The first-order valence-corrected chi connectivity index (χ1v) is 5.38. The summed E-state index contributed by atoms with van der Waals surface area (Å²) in [6.45, 7) is 1.78. The van der Waals surface area contributed by atoms with E-state index in [1.807, 2.05) is 22.6 Å². The molecule has 14 heavy (non-hydrogen) atoms. The van der Waals surface area contributed by atoms with E-state index < -0.39 is 0 Å². The molecule has 1 aromatic carbocycles. The predicted octanol–water partition coefficient (Wildman–Crippen LogP) is 2.42. The molecule has 0 N–H and O–H groups in total. The zero-order valence-electron chi connectivity index (χ0n) is 7.99. The van der Waals surface area contributed by atoms with Crippen molar-refractivity contribution in [2.45, 2.75) is 10.8 Å². The average Bonchev–Trinajstić information content (AvgIpc) is 2.19. The maximum absolute atomic E-state index is 11.2. The number of methoxy groups -OCH3 is 1. The van der Waals surface area contributed by atoms with Gasteiger partial charge in [-0.3, -0.25) is 4.79 Å². The molecule has 4 heteroatoms. The molecule has 1 atom stereocenters. The zero-order valence-corrected chi connectivity index (χ0v) is 10.1. The van der Waals surface area contributed by atoms with Gasteiger partial charge in [-0.1, -0.05) is 22.6 Å². The van der Waals surface area contributed by atoms with E-state index >= 15 is 0 Å². The van der Waals surface area contributed by atoms with Crippen LogP contribution in [-0.4, -0.2) is 17.0 Å². The Kier molecular flexibility index (Phi) is 4.19. The highest BCUT2D eigenvalue weighted by Crippen LogP contribution is 2.18. The van der Waals surface area contributed by atoms with Gasteiger partial charge in [0.1, 0.15) is 15.4 Å². The van der Waals surface area contributed by atoms with Crippen LogP contribution in [-0.2, 0) is 4.79 Å². The lowest BCUT2D eigenvalue weighted by Crippen LogP contribution is -2.16. The first-order valence-electron chi connectivity index (χ1n) is 4.13. The summed E-state index contributed by atoms with van der Waals surface area (Å²) in [5.74, 6) is 1.04. The topological polar surface area (TPSA) is 35.5 Å². The van der Waals surface area contributed by atoms with Crippen molar-refractivity contribution in [1.29, 1.82) is 0 Å². The third-order valence-electron chi connectivity index (χ3n) is 1.60. The van der Waals surface area contributed by atoms with Crippen LogP contribution >= 0.6 is 22.6 Å². The molecule has 0 amide bonds. The third-order valence-corrected chi connectivity index (χ3v) is 2.11. The summed E-state index contributed by atoms with van der Waals surface area (Å²) in [5, 5.41) is 0. The summed E-state index contributed by atoms with van der Waals surface area (Å²) >= 11 is 2.01. The Morgan fingerprint density at radius 3 is 2.21 bits per heavy atom. The van der Waals surface area contributed by atoms with Crippen molar-refractivity contribution in [3.8, 4) is 11.5 Å². The standard InChI is InChI=1S/C10H11IO3/c1-7(11)10(12)14-9-5-3-8(13-2)4-6-9/h3-7H,1-2H3. The molecule has 0 aliphatic heterocycles. The number of hydrogen-bond acceptors (Lipinski definition) is 3. The summed E-state index contributed by atoms with van der Waals surface area (Å²) in [6, 6.07) is 6.91. The summed E-state index contributed by atoms with van der Waals surface area (Å²) in [6.07, 6.45) is 0. The number of esters is 1. The number of benzene rings is 1. The minimum Gasteiger partial charge on any atom is -0.497 e. The number of hydrogen-bond donors (Lipinski definition) is 0. The number of alkyl halides is 1. The molecule has 0 bridgehead atoms. The zero-order chi connectivity index (χ0) is 10.6. The second kappa shape index (κ2) is 5.19. The van der Waals surface area contributed by atoms with Gasteiger partial charge >= 0.3 is 5.97 Å². The Labute approximate surface area is 96.5 Å². The van der Waals surface area contributed by atoms with E-state index in [9.17, 15) is 4.79 Å². The molecule has 0 spiro atoms. The molecule has 0 radical (unpaired) electrons. The van der Waals surface area contributed by atoms with Crippen LogP contribution in [0.5, 0.6) is 11.5 Å². The minimum absolute atomic E-state index is 0.144. The van der Waals surface area contributed by atoms with Gasteiger partial charge in [-0.25, -0.2) is 0 Å². The number of ether oxygens (including phenoxy) is 2. The molecular weight excluding hydrogens is 295 g/mol. The van der Waals surface area contributed by atoms with Crippen molar-refractivity contribution < 1.29 is 14.3 Å². The van der Waals surface area contributed by atoms with E-state index in [1.165, 1.54) is 0 Å². The van der Waals surface area contributed by atoms with E-state index in [2.05, 4.69) is 0 Å². The number of carbonyl (C=O) groups is 1. The molecular formula is C10H11IO3. The van der Waals surface area contributed by atoms with Gasteiger partial charge in [0.2, 0.25) is 0 Å². The van der Waals surface area contributed by atoms with Crippen LogP contribution in [0, 0.1) is 0 Å². The van der Waals surface area contributed by atoms with Crippen LogP contribution in [0.1, 0.15) is 6.92 Å². The molecule has 3 nitrogen and oxygen atoms in total. The van der Waals surface area contributed by atoms with Gasteiger partial charge in [-0.2, -0.15) is 0 Å². The summed E-state index contributed by atoms with van der Waals surface area (Å²) in [4.78, 5) is 11.2. The van der Waals surface area contributed by atoms with Gasteiger partial charge in [0.15, 0.2) is 0 Å². The first kappa shape index (κ1) is 11.3.